The SMILES string of the molecule is C=N/C=C(\c1c(C)ncn1C)n1c(=O)c2sc(-c3cc(OC)c(F)cc3C#N)cc2n(CCC#N)c1=O. The highest BCUT2D eigenvalue weighted by atomic mass is 32.1. The van der Waals surface area contributed by atoms with Crippen LogP contribution in [0.1, 0.15) is 23.4 Å². The van der Waals surface area contributed by atoms with Gasteiger partial charge in [-0.25, -0.2) is 18.7 Å². The molecule has 3 aromatic heterocycles. The van der Waals surface area contributed by atoms with Gasteiger partial charge in [0.1, 0.15) is 4.70 Å². The van der Waals surface area contributed by atoms with Crippen LogP contribution >= 0.6 is 11.3 Å². The molecule has 0 atom stereocenters. The average molecular weight is 518 g/mol. The van der Waals surface area contributed by atoms with Crippen molar-refractivity contribution in [2.24, 2.45) is 12.0 Å². The summed E-state index contributed by atoms with van der Waals surface area (Å²) in [4.78, 5) is 36.0. The van der Waals surface area contributed by atoms with Gasteiger partial charge in [0, 0.05) is 24.0 Å². The van der Waals surface area contributed by atoms with Crippen LogP contribution in [0.3, 0.4) is 0 Å². The van der Waals surface area contributed by atoms with Crippen LogP contribution in [0, 0.1) is 35.4 Å². The number of rotatable bonds is 7. The first-order chi connectivity index (χ1) is 17.8. The lowest BCUT2D eigenvalue weighted by Gasteiger charge is -2.14. The third-order valence-electron chi connectivity index (χ3n) is 5.76. The quantitative estimate of drug-likeness (QED) is 0.345. The molecule has 0 saturated heterocycles. The van der Waals surface area contributed by atoms with Gasteiger partial charge in [0.15, 0.2) is 11.6 Å². The maximum Gasteiger partial charge on any atom is 0.336 e. The van der Waals surface area contributed by atoms with Crippen LogP contribution in [-0.4, -0.2) is 32.5 Å². The summed E-state index contributed by atoms with van der Waals surface area (Å²) in [5.41, 5.74) is 0.613. The largest absolute Gasteiger partial charge is 0.494 e. The minimum atomic E-state index is -0.699. The number of thiophene rings is 1. The van der Waals surface area contributed by atoms with E-state index in [1.807, 2.05) is 12.1 Å². The Bertz CT molecular complexity index is 1770. The number of nitrogens with zero attached hydrogens (tertiary/aromatic N) is 7. The van der Waals surface area contributed by atoms with E-state index in [1.165, 1.54) is 23.9 Å². The molecule has 1 aromatic carbocycles. The van der Waals surface area contributed by atoms with E-state index in [4.69, 9.17) is 4.74 Å². The normalized spacial score (nSPS) is 11.4. The number of fused-ring (bicyclic) bond motifs is 1. The van der Waals surface area contributed by atoms with E-state index in [0.717, 1.165) is 22.0 Å². The molecule has 0 saturated carbocycles. The summed E-state index contributed by atoms with van der Waals surface area (Å²) in [5.74, 6) is -0.768. The maximum atomic E-state index is 14.2. The molecule has 0 aliphatic carbocycles. The Labute approximate surface area is 214 Å². The Morgan fingerprint density at radius 2 is 2.08 bits per heavy atom. The molecule has 3 heterocycles. The molecule has 186 valence electrons. The van der Waals surface area contributed by atoms with E-state index in [2.05, 4.69) is 16.7 Å². The highest BCUT2D eigenvalue weighted by Crippen LogP contribution is 2.36. The lowest BCUT2D eigenvalue weighted by molar-refractivity contribution is 0.386. The molecule has 4 rings (SSSR count). The first-order valence-electron chi connectivity index (χ1n) is 10.9. The van der Waals surface area contributed by atoms with Crippen molar-refractivity contribution < 1.29 is 9.13 Å². The Balaban J connectivity index is 2.11. The monoisotopic (exact) mass is 517 g/mol. The topological polar surface area (TPSA) is 131 Å². The molecule has 0 unspecified atom stereocenters. The summed E-state index contributed by atoms with van der Waals surface area (Å²) < 4.78 is 23.5. The number of benzene rings is 1. The summed E-state index contributed by atoms with van der Waals surface area (Å²) in [6.45, 7) is 5.23. The fourth-order valence-electron chi connectivity index (χ4n) is 4.10. The van der Waals surface area contributed by atoms with E-state index in [9.17, 15) is 24.5 Å². The summed E-state index contributed by atoms with van der Waals surface area (Å²) in [6, 6.07) is 8.00. The van der Waals surface area contributed by atoms with Gasteiger partial charge in [-0.3, -0.25) is 14.4 Å². The number of aliphatic imine (C=N–C) groups is 1. The average Bonchev–Trinajstić information content (AvgIpc) is 3.46. The van der Waals surface area contributed by atoms with Crippen LogP contribution in [0.4, 0.5) is 4.39 Å². The Morgan fingerprint density at radius 3 is 2.68 bits per heavy atom. The predicted molar refractivity (Wildman–Crippen MR) is 138 cm³/mol. The zero-order chi connectivity index (χ0) is 26.9. The molecular formula is C25H20FN7O3S. The molecule has 0 fully saturated rings. The molecular weight excluding hydrogens is 497 g/mol. The van der Waals surface area contributed by atoms with E-state index in [0.29, 0.717) is 27.3 Å². The molecule has 12 heteroatoms. The number of hydrogen-bond acceptors (Lipinski definition) is 8. The van der Waals surface area contributed by atoms with E-state index in [-0.39, 0.29) is 34.7 Å². The summed E-state index contributed by atoms with van der Waals surface area (Å²) >= 11 is 1.04. The highest BCUT2D eigenvalue weighted by Gasteiger charge is 2.23. The van der Waals surface area contributed by atoms with Gasteiger partial charge in [-0.15, -0.1) is 11.3 Å². The van der Waals surface area contributed by atoms with Crippen molar-refractivity contribution in [3.05, 3.63) is 74.3 Å². The van der Waals surface area contributed by atoms with Crippen LogP contribution in [0.2, 0.25) is 0 Å². The van der Waals surface area contributed by atoms with Crippen molar-refractivity contribution in [3.8, 4) is 28.3 Å². The summed E-state index contributed by atoms with van der Waals surface area (Å²) in [7, 11) is 3.03. The zero-order valence-corrected chi connectivity index (χ0v) is 21.0. The van der Waals surface area contributed by atoms with Crippen LogP contribution in [-0.2, 0) is 13.6 Å². The molecule has 0 bridgehead atoms. The molecule has 0 N–H and O–H groups in total. The molecule has 10 nitrogen and oxygen atoms in total. The lowest BCUT2D eigenvalue weighted by Crippen LogP contribution is -2.39. The Hall–Kier alpha value is -4.81. The number of nitriles is 2. The van der Waals surface area contributed by atoms with Crippen LogP contribution in [0.5, 0.6) is 5.75 Å². The minimum Gasteiger partial charge on any atom is -0.494 e. The number of aromatic nitrogens is 4. The standard InChI is InChI=1S/C25H20FN7O3S/c1-14-22(31(3)13-30-14)19(12-29-2)33-24(34)23-18(32(25(33)35)7-5-6-27)10-21(37-23)16-9-20(36-4)17(26)8-15(16)11-28/h8-10,12-13H,2,5,7H2,1,3-4H3/b19-12+. The molecule has 0 radical (unpaired) electrons. The second-order valence-corrected chi connectivity index (χ2v) is 8.99. The third kappa shape index (κ3) is 4.24. The van der Waals surface area contributed by atoms with Crippen molar-refractivity contribution in [2.75, 3.05) is 7.11 Å². The van der Waals surface area contributed by atoms with Gasteiger partial charge in [0.05, 0.1) is 66.4 Å². The smallest absolute Gasteiger partial charge is 0.336 e. The van der Waals surface area contributed by atoms with Crippen molar-refractivity contribution in [1.29, 1.82) is 10.5 Å². The molecule has 37 heavy (non-hydrogen) atoms. The molecule has 0 aliphatic rings. The van der Waals surface area contributed by atoms with Crippen molar-refractivity contribution in [1.82, 2.24) is 18.7 Å². The molecule has 0 spiro atoms. The van der Waals surface area contributed by atoms with Gasteiger partial charge >= 0.3 is 5.69 Å². The maximum absolute atomic E-state index is 14.2. The lowest BCUT2D eigenvalue weighted by atomic mass is 10.1. The molecule has 0 aliphatic heterocycles. The number of ether oxygens (including phenoxy) is 1. The molecule has 0 amide bonds. The number of imidazole rings is 1. The summed E-state index contributed by atoms with van der Waals surface area (Å²) in [6.07, 6.45) is 2.87. The second-order valence-electron chi connectivity index (χ2n) is 7.94. The predicted octanol–water partition coefficient (Wildman–Crippen LogP) is 3.41. The van der Waals surface area contributed by atoms with Crippen molar-refractivity contribution in [2.45, 2.75) is 19.9 Å². The van der Waals surface area contributed by atoms with Gasteiger partial charge in [0.2, 0.25) is 0 Å². The van der Waals surface area contributed by atoms with Gasteiger partial charge in [-0.1, -0.05) is 0 Å². The van der Waals surface area contributed by atoms with Crippen LogP contribution < -0.4 is 16.0 Å². The number of aryl methyl sites for hydroxylation is 3. The summed E-state index contributed by atoms with van der Waals surface area (Å²) in [5, 5.41) is 18.8. The van der Waals surface area contributed by atoms with Crippen molar-refractivity contribution >= 4 is 34.0 Å². The first-order valence-corrected chi connectivity index (χ1v) is 11.7. The number of methoxy groups -OCH3 is 1. The number of halogens is 1. The van der Waals surface area contributed by atoms with E-state index >= 15 is 0 Å². The third-order valence-corrected chi connectivity index (χ3v) is 6.91. The fraction of sp³-hybridized carbons (Fsp3) is 0.200. The highest BCUT2D eigenvalue weighted by molar-refractivity contribution is 7.22. The Kier molecular flexibility index (Phi) is 6.87. The number of hydrogen-bond donors (Lipinski definition) is 0. The van der Waals surface area contributed by atoms with Gasteiger partial charge in [-0.05, 0) is 31.8 Å². The van der Waals surface area contributed by atoms with E-state index < -0.39 is 17.1 Å². The van der Waals surface area contributed by atoms with Crippen LogP contribution in [0.25, 0.3) is 26.4 Å². The van der Waals surface area contributed by atoms with Gasteiger partial charge < -0.3 is 9.30 Å². The minimum absolute atomic E-state index is 0.00962. The Morgan fingerprint density at radius 1 is 1.32 bits per heavy atom. The second kappa shape index (κ2) is 10.0. The zero-order valence-electron chi connectivity index (χ0n) is 20.1. The van der Waals surface area contributed by atoms with Crippen LogP contribution in [0.15, 0.2) is 45.3 Å². The first kappa shape index (κ1) is 25.3. The van der Waals surface area contributed by atoms with Gasteiger partial charge in [-0.2, -0.15) is 10.5 Å². The van der Waals surface area contributed by atoms with E-state index in [1.54, 1.807) is 30.9 Å². The van der Waals surface area contributed by atoms with Crippen molar-refractivity contribution in [3.63, 3.8) is 0 Å². The van der Waals surface area contributed by atoms with Gasteiger partial charge in [0.25, 0.3) is 5.56 Å². The fourth-order valence-corrected chi connectivity index (χ4v) is 5.22. The molecule has 4 aromatic rings.